The maximum atomic E-state index is 13.1. The predicted octanol–water partition coefficient (Wildman–Crippen LogP) is 4.33. The van der Waals surface area contributed by atoms with Gasteiger partial charge < -0.3 is 0 Å². The number of nitro groups is 1. The monoisotopic (exact) mass is 373 g/mol. The summed E-state index contributed by atoms with van der Waals surface area (Å²) in [6.45, 7) is 1.78. The average Bonchev–Trinajstić information content (AvgIpc) is 2.91. The Morgan fingerprint density at radius 1 is 1.23 bits per heavy atom. The van der Waals surface area contributed by atoms with E-state index in [4.69, 9.17) is 11.6 Å². The van der Waals surface area contributed by atoms with Crippen LogP contribution >= 0.6 is 11.6 Å². The highest BCUT2D eigenvalue weighted by molar-refractivity contribution is 6.32. The zero-order valence-corrected chi connectivity index (χ0v) is 14.3. The first-order valence-electron chi connectivity index (χ1n) is 7.50. The molecule has 26 heavy (non-hydrogen) atoms. The van der Waals surface area contributed by atoms with Crippen molar-refractivity contribution in [2.75, 3.05) is 5.43 Å². The molecule has 0 fully saturated rings. The van der Waals surface area contributed by atoms with Crippen molar-refractivity contribution in [3.05, 3.63) is 80.9 Å². The Labute approximate surface area is 152 Å². The van der Waals surface area contributed by atoms with Gasteiger partial charge in [-0.05, 0) is 43.3 Å². The van der Waals surface area contributed by atoms with Gasteiger partial charge in [0.1, 0.15) is 11.0 Å². The standard InChI is InChI=1S/C17H13ClFN5O2/c1-11-16(10-20-21-13-4-8-15(9-5-13)24(25)26)17(18)23(22-11)14-6-2-12(19)3-7-14/h2-10,21H,1H3/b20-10+. The molecule has 2 aromatic carbocycles. The van der Waals surface area contributed by atoms with Gasteiger partial charge in [0.05, 0.1) is 33.8 Å². The summed E-state index contributed by atoms with van der Waals surface area (Å²) in [4.78, 5) is 10.2. The fraction of sp³-hybridized carbons (Fsp3) is 0.0588. The van der Waals surface area contributed by atoms with E-state index >= 15 is 0 Å². The van der Waals surface area contributed by atoms with Gasteiger partial charge in [-0.1, -0.05) is 11.6 Å². The number of nitro benzene ring substituents is 1. The number of nitrogens with zero attached hydrogens (tertiary/aromatic N) is 4. The minimum Gasteiger partial charge on any atom is -0.278 e. The molecule has 3 aromatic rings. The van der Waals surface area contributed by atoms with Crippen LogP contribution in [0.25, 0.3) is 5.69 Å². The second kappa shape index (κ2) is 7.32. The maximum Gasteiger partial charge on any atom is 0.269 e. The topological polar surface area (TPSA) is 85.3 Å². The summed E-state index contributed by atoms with van der Waals surface area (Å²) in [6.07, 6.45) is 1.51. The van der Waals surface area contributed by atoms with Crippen molar-refractivity contribution in [2.24, 2.45) is 5.10 Å². The summed E-state index contributed by atoms with van der Waals surface area (Å²) in [7, 11) is 0. The van der Waals surface area contributed by atoms with Crippen LogP contribution in [0.2, 0.25) is 5.15 Å². The van der Waals surface area contributed by atoms with Crippen molar-refractivity contribution < 1.29 is 9.31 Å². The summed E-state index contributed by atoms with van der Waals surface area (Å²) in [6, 6.07) is 11.6. The number of aromatic nitrogens is 2. The van der Waals surface area contributed by atoms with Gasteiger partial charge in [-0.2, -0.15) is 10.2 Å². The third kappa shape index (κ3) is 3.70. The van der Waals surface area contributed by atoms with E-state index in [2.05, 4.69) is 15.6 Å². The molecule has 0 bridgehead atoms. The molecule has 9 heteroatoms. The van der Waals surface area contributed by atoms with Gasteiger partial charge in [0.15, 0.2) is 0 Å². The van der Waals surface area contributed by atoms with E-state index in [-0.39, 0.29) is 11.5 Å². The molecule has 0 aliphatic heterocycles. The molecular weight excluding hydrogens is 361 g/mol. The highest BCUT2D eigenvalue weighted by Crippen LogP contribution is 2.22. The van der Waals surface area contributed by atoms with E-state index in [0.717, 1.165) is 0 Å². The van der Waals surface area contributed by atoms with Gasteiger partial charge >= 0.3 is 0 Å². The second-order valence-corrected chi connectivity index (χ2v) is 5.71. The summed E-state index contributed by atoms with van der Waals surface area (Å²) in [5.41, 5.74) is 5.24. The van der Waals surface area contributed by atoms with Crippen molar-refractivity contribution in [1.29, 1.82) is 0 Å². The lowest BCUT2D eigenvalue weighted by molar-refractivity contribution is -0.384. The number of anilines is 1. The van der Waals surface area contributed by atoms with E-state index < -0.39 is 4.92 Å². The average molecular weight is 374 g/mol. The van der Waals surface area contributed by atoms with Crippen LogP contribution < -0.4 is 5.43 Å². The lowest BCUT2D eigenvalue weighted by Gasteiger charge is -2.02. The maximum absolute atomic E-state index is 13.1. The van der Waals surface area contributed by atoms with Crippen molar-refractivity contribution >= 4 is 29.2 Å². The fourth-order valence-corrected chi connectivity index (χ4v) is 2.56. The summed E-state index contributed by atoms with van der Waals surface area (Å²) >= 11 is 6.35. The van der Waals surface area contributed by atoms with Gasteiger partial charge in [0, 0.05) is 12.1 Å². The Balaban J connectivity index is 1.78. The number of nitrogens with one attached hydrogen (secondary N) is 1. The van der Waals surface area contributed by atoms with Gasteiger partial charge in [0.2, 0.25) is 0 Å². The number of aryl methyl sites for hydroxylation is 1. The minimum atomic E-state index is -0.472. The molecule has 7 nitrogen and oxygen atoms in total. The summed E-state index contributed by atoms with van der Waals surface area (Å²) in [5, 5.41) is 19.4. The molecular formula is C17H13ClFN5O2. The van der Waals surface area contributed by atoms with Gasteiger partial charge in [-0.15, -0.1) is 0 Å². The summed E-state index contributed by atoms with van der Waals surface area (Å²) in [5.74, 6) is -0.345. The first-order chi connectivity index (χ1) is 12.5. The molecule has 132 valence electrons. The predicted molar refractivity (Wildman–Crippen MR) is 97.6 cm³/mol. The molecule has 0 saturated carbocycles. The van der Waals surface area contributed by atoms with Crippen LogP contribution in [0.5, 0.6) is 0 Å². The largest absolute Gasteiger partial charge is 0.278 e. The Morgan fingerprint density at radius 2 is 1.88 bits per heavy atom. The minimum absolute atomic E-state index is 0.000933. The summed E-state index contributed by atoms with van der Waals surface area (Å²) < 4.78 is 14.5. The Kier molecular flexibility index (Phi) is 4.94. The van der Waals surface area contributed by atoms with Crippen molar-refractivity contribution in [1.82, 2.24) is 9.78 Å². The molecule has 0 atom stereocenters. The number of halogens is 2. The third-order valence-corrected chi connectivity index (χ3v) is 3.95. The molecule has 0 unspecified atom stereocenters. The van der Waals surface area contributed by atoms with Crippen molar-refractivity contribution in [3.63, 3.8) is 0 Å². The SMILES string of the molecule is Cc1nn(-c2ccc(F)cc2)c(Cl)c1/C=N/Nc1ccc([N+](=O)[O-])cc1. The van der Waals surface area contributed by atoms with Crippen LogP contribution in [0, 0.1) is 22.9 Å². The van der Waals surface area contributed by atoms with Crippen LogP contribution in [0.15, 0.2) is 53.6 Å². The van der Waals surface area contributed by atoms with E-state index in [9.17, 15) is 14.5 Å². The number of non-ortho nitro benzene ring substituents is 1. The normalized spacial score (nSPS) is 11.0. The molecule has 0 amide bonds. The number of hydrogen-bond acceptors (Lipinski definition) is 5. The molecule has 0 aliphatic rings. The Hall–Kier alpha value is -3.26. The molecule has 0 aliphatic carbocycles. The zero-order chi connectivity index (χ0) is 18.7. The zero-order valence-electron chi connectivity index (χ0n) is 13.6. The third-order valence-electron chi connectivity index (χ3n) is 3.58. The molecule has 3 rings (SSSR count). The van der Waals surface area contributed by atoms with Crippen LogP contribution in [0.1, 0.15) is 11.3 Å². The number of rotatable bonds is 5. The molecule has 0 saturated heterocycles. The quantitative estimate of drug-likeness (QED) is 0.410. The van der Waals surface area contributed by atoms with Crippen molar-refractivity contribution in [2.45, 2.75) is 6.92 Å². The van der Waals surface area contributed by atoms with E-state index in [0.29, 0.717) is 27.8 Å². The molecule has 0 spiro atoms. The van der Waals surface area contributed by atoms with E-state index in [1.807, 2.05) is 0 Å². The Bertz CT molecular complexity index is 968. The van der Waals surface area contributed by atoms with Crippen LogP contribution in [0.3, 0.4) is 0 Å². The highest BCUT2D eigenvalue weighted by atomic mass is 35.5. The number of benzene rings is 2. The van der Waals surface area contributed by atoms with E-state index in [1.54, 1.807) is 31.2 Å². The second-order valence-electron chi connectivity index (χ2n) is 5.35. The van der Waals surface area contributed by atoms with Crippen LogP contribution in [-0.2, 0) is 0 Å². The van der Waals surface area contributed by atoms with Gasteiger partial charge in [-0.3, -0.25) is 15.5 Å². The van der Waals surface area contributed by atoms with Gasteiger partial charge in [0.25, 0.3) is 5.69 Å². The van der Waals surface area contributed by atoms with E-state index in [1.165, 1.54) is 35.2 Å². The molecule has 1 N–H and O–H groups in total. The lowest BCUT2D eigenvalue weighted by atomic mass is 10.3. The molecule has 1 heterocycles. The van der Waals surface area contributed by atoms with Crippen LogP contribution in [0.4, 0.5) is 15.8 Å². The van der Waals surface area contributed by atoms with Crippen molar-refractivity contribution in [3.8, 4) is 5.69 Å². The molecule has 1 aromatic heterocycles. The fourth-order valence-electron chi connectivity index (χ4n) is 2.24. The first-order valence-corrected chi connectivity index (χ1v) is 7.88. The number of hydrogen-bond donors (Lipinski definition) is 1. The number of hydrazone groups is 1. The van der Waals surface area contributed by atoms with Gasteiger partial charge in [-0.25, -0.2) is 9.07 Å². The van der Waals surface area contributed by atoms with Crippen LogP contribution in [-0.4, -0.2) is 20.9 Å². The highest BCUT2D eigenvalue weighted by Gasteiger charge is 2.13. The lowest BCUT2D eigenvalue weighted by Crippen LogP contribution is -1.97. The first kappa shape index (κ1) is 17.6. The Morgan fingerprint density at radius 3 is 2.50 bits per heavy atom. The molecule has 0 radical (unpaired) electrons. The smallest absolute Gasteiger partial charge is 0.269 e.